The van der Waals surface area contributed by atoms with E-state index in [1.165, 1.54) is 6.20 Å². The zero-order valence-corrected chi connectivity index (χ0v) is 14.7. The van der Waals surface area contributed by atoms with Crippen LogP contribution in [0.5, 0.6) is 0 Å². The number of carbonyl (C=O) groups is 2. The summed E-state index contributed by atoms with van der Waals surface area (Å²) in [6.07, 6.45) is 1.30. The van der Waals surface area contributed by atoms with Gasteiger partial charge in [0.15, 0.2) is 0 Å². The lowest BCUT2D eigenvalue weighted by Gasteiger charge is -2.08. The molecule has 6 nitrogen and oxygen atoms in total. The summed E-state index contributed by atoms with van der Waals surface area (Å²) in [5.74, 6) is -1.01. The van der Waals surface area contributed by atoms with Crippen molar-refractivity contribution >= 4 is 23.5 Å². The van der Waals surface area contributed by atoms with Crippen molar-refractivity contribution in [1.82, 2.24) is 9.97 Å². The highest BCUT2D eigenvalue weighted by Crippen LogP contribution is 2.21. The molecule has 2 aromatic heterocycles. The van der Waals surface area contributed by atoms with Crippen LogP contribution < -0.4 is 0 Å². The van der Waals surface area contributed by atoms with Crippen molar-refractivity contribution in [3.05, 3.63) is 51.6 Å². The molecule has 2 rings (SSSR count). The van der Waals surface area contributed by atoms with Gasteiger partial charge in [0.05, 0.1) is 11.7 Å². The second-order valence-electron chi connectivity index (χ2n) is 5.64. The summed E-state index contributed by atoms with van der Waals surface area (Å²) in [5, 5.41) is 0.370. The number of aryl methyl sites for hydroxylation is 1. The smallest absolute Gasteiger partial charge is 0.355 e. The molecule has 0 aliphatic heterocycles. The van der Waals surface area contributed by atoms with Gasteiger partial charge in [0, 0.05) is 17.5 Å². The summed E-state index contributed by atoms with van der Waals surface area (Å²) in [4.78, 5) is 31.2. The van der Waals surface area contributed by atoms with E-state index in [0.717, 1.165) is 0 Å². The van der Waals surface area contributed by atoms with Gasteiger partial charge in [-0.2, -0.15) is 0 Å². The Bertz CT molecular complexity index is 751. The number of halogens is 1. The van der Waals surface area contributed by atoms with Crippen LogP contribution in [0.4, 0.5) is 0 Å². The molecule has 2 heterocycles. The second kappa shape index (κ2) is 7.49. The fraction of sp³-hybridized carbons (Fsp3) is 0.353. The van der Waals surface area contributed by atoms with Crippen molar-refractivity contribution in [3.63, 3.8) is 0 Å². The van der Waals surface area contributed by atoms with E-state index in [4.69, 9.17) is 21.1 Å². The molecule has 0 aliphatic carbocycles. The lowest BCUT2D eigenvalue weighted by molar-refractivity contribution is 0.0376. The number of nitrogens with one attached hydrogen (secondary N) is 1. The van der Waals surface area contributed by atoms with Crippen LogP contribution in [0.3, 0.4) is 0 Å². The van der Waals surface area contributed by atoms with E-state index >= 15 is 0 Å². The Morgan fingerprint density at radius 3 is 2.54 bits per heavy atom. The molecular weight excluding hydrogens is 332 g/mol. The molecular formula is C17H19ClN2O4. The van der Waals surface area contributed by atoms with Crippen LogP contribution in [0.15, 0.2) is 18.3 Å². The Hall–Kier alpha value is -2.34. The molecule has 0 bridgehead atoms. The Labute approximate surface area is 145 Å². The predicted octanol–water partition coefficient (Wildman–Crippen LogP) is 3.60. The van der Waals surface area contributed by atoms with Crippen LogP contribution >= 0.6 is 11.6 Å². The Morgan fingerprint density at radius 2 is 1.96 bits per heavy atom. The third kappa shape index (κ3) is 4.14. The van der Waals surface area contributed by atoms with Gasteiger partial charge in [-0.1, -0.05) is 17.7 Å². The zero-order valence-electron chi connectivity index (χ0n) is 14.0. The monoisotopic (exact) mass is 350 g/mol. The van der Waals surface area contributed by atoms with E-state index in [2.05, 4.69) is 9.97 Å². The average molecular weight is 351 g/mol. The number of pyridine rings is 1. The number of hydrogen-bond acceptors (Lipinski definition) is 5. The Morgan fingerprint density at radius 1 is 1.25 bits per heavy atom. The number of aromatic amines is 1. The number of H-pyrrole nitrogens is 1. The first kappa shape index (κ1) is 18.0. The molecule has 0 atom stereocenters. The maximum atomic E-state index is 12.3. The van der Waals surface area contributed by atoms with Gasteiger partial charge in [-0.15, -0.1) is 0 Å². The first-order chi connectivity index (χ1) is 11.3. The third-order valence-corrected chi connectivity index (χ3v) is 3.57. The zero-order chi connectivity index (χ0) is 17.9. The fourth-order valence-corrected chi connectivity index (χ4v) is 2.36. The molecule has 0 unspecified atom stereocenters. The summed E-state index contributed by atoms with van der Waals surface area (Å²) in [6.45, 7) is 6.99. The van der Waals surface area contributed by atoms with Gasteiger partial charge in [0.2, 0.25) is 0 Å². The summed E-state index contributed by atoms with van der Waals surface area (Å²) in [6, 6.07) is 3.34. The molecule has 0 aliphatic rings. The predicted molar refractivity (Wildman–Crippen MR) is 89.2 cm³/mol. The van der Waals surface area contributed by atoms with Gasteiger partial charge in [-0.3, -0.25) is 0 Å². The standard InChI is InChI=1S/C17H19ClN2O4/c1-9(2)24-16(21)14-10(3)15(20-11(14)4)17(22)23-8-12-5-6-13(18)19-7-12/h5-7,9,20H,8H2,1-4H3. The molecule has 0 saturated heterocycles. The maximum absolute atomic E-state index is 12.3. The normalized spacial score (nSPS) is 10.8. The number of aromatic nitrogens is 2. The summed E-state index contributed by atoms with van der Waals surface area (Å²) in [7, 11) is 0. The minimum Gasteiger partial charge on any atom is -0.459 e. The maximum Gasteiger partial charge on any atom is 0.355 e. The van der Waals surface area contributed by atoms with Crippen molar-refractivity contribution in [1.29, 1.82) is 0 Å². The number of rotatable bonds is 5. The number of nitrogens with zero attached hydrogens (tertiary/aromatic N) is 1. The minimum absolute atomic E-state index is 0.0618. The van der Waals surface area contributed by atoms with E-state index in [-0.39, 0.29) is 18.4 Å². The first-order valence-electron chi connectivity index (χ1n) is 7.47. The molecule has 1 N–H and O–H groups in total. The van der Waals surface area contributed by atoms with E-state index in [0.29, 0.717) is 27.5 Å². The molecule has 0 fully saturated rings. The number of carbonyl (C=O) groups excluding carboxylic acids is 2. The highest BCUT2D eigenvalue weighted by atomic mass is 35.5. The number of esters is 2. The molecule has 128 valence electrons. The largest absolute Gasteiger partial charge is 0.459 e. The Kier molecular flexibility index (Phi) is 5.62. The minimum atomic E-state index is -0.547. The topological polar surface area (TPSA) is 81.3 Å². The number of hydrogen-bond donors (Lipinski definition) is 1. The molecule has 0 saturated carbocycles. The van der Waals surface area contributed by atoms with Gasteiger partial charge in [-0.25, -0.2) is 14.6 Å². The van der Waals surface area contributed by atoms with Crippen molar-refractivity contribution in [3.8, 4) is 0 Å². The highest BCUT2D eigenvalue weighted by molar-refractivity contribution is 6.29. The van der Waals surface area contributed by atoms with Crippen molar-refractivity contribution < 1.29 is 19.1 Å². The lowest BCUT2D eigenvalue weighted by atomic mass is 10.1. The van der Waals surface area contributed by atoms with E-state index in [1.807, 2.05) is 0 Å². The van der Waals surface area contributed by atoms with Crippen LogP contribution in [0.2, 0.25) is 5.15 Å². The van der Waals surface area contributed by atoms with Crippen molar-refractivity contribution in [2.75, 3.05) is 0 Å². The van der Waals surface area contributed by atoms with Crippen LogP contribution in [0, 0.1) is 13.8 Å². The lowest BCUT2D eigenvalue weighted by Crippen LogP contribution is -2.13. The van der Waals surface area contributed by atoms with Gasteiger partial charge in [0.1, 0.15) is 17.5 Å². The van der Waals surface area contributed by atoms with E-state index < -0.39 is 11.9 Å². The molecule has 2 aromatic rings. The quantitative estimate of drug-likeness (QED) is 0.658. The van der Waals surface area contributed by atoms with Crippen molar-refractivity contribution in [2.24, 2.45) is 0 Å². The van der Waals surface area contributed by atoms with Crippen LogP contribution in [0.1, 0.15) is 51.5 Å². The Balaban J connectivity index is 2.12. The fourth-order valence-electron chi connectivity index (χ4n) is 2.25. The molecule has 0 aromatic carbocycles. The molecule has 0 radical (unpaired) electrons. The van der Waals surface area contributed by atoms with Gasteiger partial charge in [-0.05, 0) is 39.3 Å². The number of ether oxygens (including phenoxy) is 2. The van der Waals surface area contributed by atoms with E-state index in [1.54, 1.807) is 39.8 Å². The highest BCUT2D eigenvalue weighted by Gasteiger charge is 2.24. The molecule has 24 heavy (non-hydrogen) atoms. The molecule has 7 heteroatoms. The van der Waals surface area contributed by atoms with Gasteiger partial charge >= 0.3 is 11.9 Å². The van der Waals surface area contributed by atoms with Crippen LogP contribution in [-0.2, 0) is 16.1 Å². The summed E-state index contributed by atoms with van der Waals surface area (Å²) < 4.78 is 10.5. The SMILES string of the molecule is Cc1[nH]c(C(=O)OCc2ccc(Cl)nc2)c(C)c1C(=O)OC(C)C. The second-order valence-corrected chi connectivity index (χ2v) is 6.03. The molecule has 0 amide bonds. The van der Waals surface area contributed by atoms with Crippen LogP contribution in [-0.4, -0.2) is 28.0 Å². The van der Waals surface area contributed by atoms with E-state index in [9.17, 15) is 9.59 Å². The first-order valence-corrected chi connectivity index (χ1v) is 7.85. The van der Waals surface area contributed by atoms with Crippen LogP contribution in [0.25, 0.3) is 0 Å². The van der Waals surface area contributed by atoms with Gasteiger partial charge < -0.3 is 14.5 Å². The van der Waals surface area contributed by atoms with Crippen molar-refractivity contribution in [2.45, 2.75) is 40.4 Å². The van der Waals surface area contributed by atoms with Gasteiger partial charge in [0.25, 0.3) is 0 Å². The summed E-state index contributed by atoms with van der Waals surface area (Å²) >= 11 is 5.71. The average Bonchev–Trinajstić information content (AvgIpc) is 2.80. The summed E-state index contributed by atoms with van der Waals surface area (Å²) in [5.41, 5.74) is 2.40. The third-order valence-electron chi connectivity index (χ3n) is 3.35. The molecule has 0 spiro atoms.